The molecule has 0 aliphatic carbocycles. The molecule has 22 heavy (non-hydrogen) atoms. The van der Waals surface area contributed by atoms with Crippen molar-refractivity contribution in [1.82, 2.24) is 0 Å². The summed E-state index contributed by atoms with van der Waals surface area (Å²) in [6.07, 6.45) is 2.33. The van der Waals surface area contributed by atoms with Gasteiger partial charge >= 0.3 is 11.9 Å². The first-order valence-corrected chi connectivity index (χ1v) is 10.1. The van der Waals surface area contributed by atoms with Crippen LogP contribution >= 0.6 is 0 Å². The molecule has 0 aromatic heterocycles. The van der Waals surface area contributed by atoms with Crippen molar-refractivity contribution in [2.75, 3.05) is 0 Å². The molecule has 0 N–H and O–H groups in total. The van der Waals surface area contributed by atoms with Gasteiger partial charge in [-0.25, -0.2) is 9.59 Å². The number of esters is 1. The highest BCUT2D eigenvalue weighted by atomic mass is 28.4. The molecule has 0 aromatic rings. The Balaban J connectivity index is 5.04. The molecule has 0 atom stereocenters. The van der Waals surface area contributed by atoms with Gasteiger partial charge < -0.3 is 9.16 Å². The van der Waals surface area contributed by atoms with Crippen LogP contribution in [0.4, 0.5) is 0 Å². The van der Waals surface area contributed by atoms with Gasteiger partial charge in [-0.15, -0.1) is 0 Å². The standard InChI is InChI=1S/C17H32O4Si/c1-12(2)22(13(3)4,14(5)6)21-16(19)11-10-15(18)20-17(7,8)9/h10-14H,1-9H3/b11-10-. The van der Waals surface area contributed by atoms with Crippen molar-refractivity contribution >= 4 is 20.3 Å². The van der Waals surface area contributed by atoms with Gasteiger partial charge in [-0.2, -0.15) is 0 Å². The summed E-state index contributed by atoms with van der Waals surface area (Å²) in [6, 6.07) is 0. The lowest BCUT2D eigenvalue weighted by Gasteiger charge is -2.40. The summed E-state index contributed by atoms with van der Waals surface area (Å²) in [5.74, 6) is -0.982. The zero-order valence-corrected chi connectivity index (χ0v) is 16.5. The summed E-state index contributed by atoms with van der Waals surface area (Å²) in [6.45, 7) is 18.0. The van der Waals surface area contributed by atoms with E-state index in [1.165, 1.54) is 6.08 Å². The smallest absolute Gasteiger partial charge is 0.331 e. The third kappa shape index (κ3) is 5.95. The van der Waals surface area contributed by atoms with E-state index < -0.39 is 25.9 Å². The van der Waals surface area contributed by atoms with Crippen LogP contribution in [0, 0.1) is 0 Å². The second-order valence-electron chi connectivity index (χ2n) is 7.61. The van der Waals surface area contributed by atoms with Crippen molar-refractivity contribution in [1.29, 1.82) is 0 Å². The molecule has 4 nitrogen and oxygen atoms in total. The average Bonchev–Trinajstić information content (AvgIpc) is 2.29. The van der Waals surface area contributed by atoms with Gasteiger partial charge in [0, 0.05) is 12.2 Å². The molecule has 0 saturated heterocycles. The van der Waals surface area contributed by atoms with Crippen molar-refractivity contribution in [2.24, 2.45) is 0 Å². The summed E-state index contributed by atoms with van der Waals surface area (Å²) >= 11 is 0. The SMILES string of the molecule is CC(C)[Si](OC(=O)/C=C\C(=O)OC(C)(C)C)(C(C)C)C(C)C. The van der Waals surface area contributed by atoms with E-state index in [2.05, 4.69) is 41.5 Å². The molecule has 0 saturated carbocycles. The quantitative estimate of drug-likeness (QED) is 0.406. The molecule has 0 radical (unpaired) electrons. The van der Waals surface area contributed by atoms with Crippen LogP contribution in [0.2, 0.25) is 16.6 Å². The van der Waals surface area contributed by atoms with Crippen LogP contribution in [0.5, 0.6) is 0 Å². The first-order chi connectivity index (χ1) is 9.82. The van der Waals surface area contributed by atoms with Crippen LogP contribution in [0.25, 0.3) is 0 Å². The lowest BCUT2D eigenvalue weighted by atomic mass is 10.2. The van der Waals surface area contributed by atoms with E-state index in [-0.39, 0.29) is 0 Å². The third-order valence-electron chi connectivity index (χ3n) is 3.75. The normalized spacial score (nSPS) is 13.3. The topological polar surface area (TPSA) is 52.6 Å². The van der Waals surface area contributed by atoms with E-state index in [0.29, 0.717) is 16.6 Å². The van der Waals surface area contributed by atoms with E-state index in [1.807, 2.05) is 0 Å². The van der Waals surface area contributed by atoms with E-state index in [1.54, 1.807) is 20.8 Å². The minimum Gasteiger partial charge on any atom is -0.515 e. The number of ether oxygens (including phenoxy) is 1. The molecular formula is C17H32O4Si. The van der Waals surface area contributed by atoms with Crippen LogP contribution in [0.15, 0.2) is 12.2 Å². The Labute approximate surface area is 136 Å². The number of carbonyl (C=O) groups is 2. The molecular weight excluding hydrogens is 296 g/mol. The fourth-order valence-electron chi connectivity index (χ4n) is 3.03. The predicted molar refractivity (Wildman–Crippen MR) is 92.1 cm³/mol. The van der Waals surface area contributed by atoms with Gasteiger partial charge in [0.1, 0.15) is 5.60 Å². The molecule has 0 fully saturated rings. The van der Waals surface area contributed by atoms with Gasteiger partial charge in [0.25, 0.3) is 8.32 Å². The highest BCUT2D eigenvalue weighted by Gasteiger charge is 2.47. The van der Waals surface area contributed by atoms with Crippen LogP contribution in [-0.4, -0.2) is 25.9 Å². The Morgan fingerprint density at radius 1 is 0.818 bits per heavy atom. The van der Waals surface area contributed by atoms with E-state index in [4.69, 9.17) is 9.16 Å². The maximum Gasteiger partial charge on any atom is 0.331 e. The Bertz CT molecular complexity index is 395. The zero-order valence-electron chi connectivity index (χ0n) is 15.5. The number of hydrogen-bond donors (Lipinski definition) is 0. The highest BCUT2D eigenvalue weighted by molar-refractivity contribution is 6.79. The van der Waals surface area contributed by atoms with Crippen LogP contribution in [-0.2, 0) is 18.8 Å². The Morgan fingerprint density at radius 2 is 1.18 bits per heavy atom. The van der Waals surface area contributed by atoms with Crippen molar-refractivity contribution in [3.05, 3.63) is 12.2 Å². The Morgan fingerprint density at radius 3 is 1.50 bits per heavy atom. The second-order valence-corrected chi connectivity index (χ2v) is 13.0. The molecule has 128 valence electrons. The monoisotopic (exact) mass is 328 g/mol. The molecule has 0 aliphatic heterocycles. The third-order valence-corrected chi connectivity index (χ3v) is 9.72. The van der Waals surface area contributed by atoms with Crippen LogP contribution in [0.1, 0.15) is 62.3 Å². The lowest BCUT2D eigenvalue weighted by molar-refractivity contribution is -0.148. The molecule has 0 unspecified atom stereocenters. The largest absolute Gasteiger partial charge is 0.515 e. The molecule has 0 rings (SSSR count). The summed E-state index contributed by atoms with van der Waals surface area (Å²) in [4.78, 5) is 23.8. The van der Waals surface area contributed by atoms with Gasteiger partial charge in [-0.3, -0.25) is 0 Å². The molecule has 0 spiro atoms. The number of rotatable bonds is 6. The first-order valence-electron chi connectivity index (χ1n) is 7.97. The van der Waals surface area contributed by atoms with E-state index in [9.17, 15) is 9.59 Å². The highest BCUT2D eigenvalue weighted by Crippen LogP contribution is 2.42. The number of carbonyl (C=O) groups excluding carboxylic acids is 2. The van der Waals surface area contributed by atoms with Crippen molar-refractivity contribution < 1.29 is 18.8 Å². The van der Waals surface area contributed by atoms with Crippen LogP contribution < -0.4 is 0 Å². The Hall–Kier alpha value is -1.10. The molecule has 0 amide bonds. The summed E-state index contributed by atoms with van der Waals surface area (Å²) in [5, 5.41) is 0. The van der Waals surface area contributed by atoms with Crippen molar-refractivity contribution in [3.63, 3.8) is 0 Å². The molecule has 0 aromatic carbocycles. The van der Waals surface area contributed by atoms with Crippen LogP contribution in [0.3, 0.4) is 0 Å². The summed E-state index contributed by atoms with van der Waals surface area (Å²) in [7, 11) is -2.26. The minimum absolute atomic E-state index is 0.311. The Kier molecular flexibility index (Phi) is 7.55. The molecule has 0 aliphatic rings. The maximum atomic E-state index is 12.2. The lowest BCUT2D eigenvalue weighted by Crippen LogP contribution is -2.49. The first kappa shape index (κ1) is 20.9. The molecule has 0 heterocycles. The summed E-state index contributed by atoms with van der Waals surface area (Å²) < 4.78 is 11.0. The van der Waals surface area contributed by atoms with Crippen molar-refractivity contribution in [3.8, 4) is 0 Å². The fourth-order valence-corrected chi connectivity index (χ4v) is 8.16. The van der Waals surface area contributed by atoms with Gasteiger partial charge in [-0.1, -0.05) is 41.5 Å². The van der Waals surface area contributed by atoms with Gasteiger partial charge in [0.15, 0.2) is 0 Å². The van der Waals surface area contributed by atoms with Gasteiger partial charge in [-0.05, 0) is 37.4 Å². The maximum absolute atomic E-state index is 12.2. The minimum atomic E-state index is -2.26. The van der Waals surface area contributed by atoms with E-state index in [0.717, 1.165) is 6.08 Å². The fraction of sp³-hybridized carbons (Fsp3) is 0.765. The average molecular weight is 329 g/mol. The van der Waals surface area contributed by atoms with Crippen molar-refractivity contribution in [2.45, 2.75) is 84.5 Å². The predicted octanol–water partition coefficient (Wildman–Crippen LogP) is 4.60. The second kappa shape index (κ2) is 7.95. The molecule has 0 bridgehead atoms. The van der Waals surface area contributed by atoms with Gasteiger partial charge in [0.05, 0.1) is 0 Å². The summed E-state index contributed by atoms with van der Waals surface area (Å²) in [5.41, 5.74) is 0.363. The molecule has 5 heteroatoms. The zero-order chi connectivity index (χ0) is 17.7. The van der Waals surface area contributed by atoms with E-state index >= 15 is 0 Å². The van der Waals surface area contributed by atoms with Gasteiger partial charge in [0.2, 0.25) is 0 Å². The number of hydrogen-bond acceptors (Lipinski definition) is 4.